The minimum atomic E-state index is -0.0886. The molecule has 1 aliphatic heterocycles. The van der Waals surface area contributed by atoms with Gasteiger partial charge in [-0.05, 0) is 30.5 Å². The smallest absolute Gasteiger partial charge is 0.315 e. The zero-order valence-electron chi connectivity index (χ0n) is 15.0. The van der Waals surface area contributed by atoms with Crippen LogP contribution in [-0.4, -0.2) is 48.1 Å². The molecule has 0 spiro atoms. The number of hydrogen-bond donors (Lipinski definition) is 3. The maximum atomic E-state index is 12.0. The van der Waals surface area contributed by atoms with Crippen molar-refractivity contribution in [3.05, 3.63) is 60.3 Å². The molecule has 3 rings (SSSR count). The molecular weight excluding hydrogens is 326 g/mol. The van der Waals surface area contributed by atoms with E-state index >= 15 is 0 Å². The van der Waals surface area contributed by atoms with Gasteiger partial charge in [-0.15, -0.1) is 0 Å². The number of carbonyl (C=O) groups is 1. The van der Waals surface area contributed by atoms with Gasteiger partial charge in [-0.3, -0.25) is 4.90 Å². The van der Waals surface area contributed by atoms with Crippen LogP contribution in [0.1, 0.15) is 18.4 Å². The fourth-order valence-corrected chi connectivity index (χ4v) is 3.15. The second-order valence-corrected chi connectivity index (χ2v) is 6.58. The number of nitrogens with zero attached hydrogens (tertiary/aromatic N) is 2. The monoisotopic (exact) mass is 353 g/mol. The summed E-state index contributed by atoms with van der Waals surface area (Å²) >= 11 is 0. The molecule has 2 aromatic rings. The number of amides is 2. The van der Waals surface area contributed by atoms with Crippen LogP contribution < -0.4 is 16.0 Å². The summed E-state index contributed by atoms with van der Waals surface area (Å²) in [5, 5.41) is 9.15. The normalized spacial score (nSPS) is 15.4. The van der Waals surface area contributed by atoms with E-state index in [1.165, 1.54) is 5.56 Å². The molecule has 1 aromatic carbocycles. The van der Waals surface area contributed by atoms with Crippen molar-refractivity contribution in [2.45, 2.75) is 25.4 Å². The molecule has 1 fully saturated rings. The highest BCUT2D eigenvalue weighted by atomic mass is 16.2. The first-order chi connectivity index (χ1) is 12.8. The van der Waals surface area contributed by atoms with Crippen molar-refractivity contribution in [2.24, 2.45) is 0 Å². The summed E-state index contributed by atoms with van der Waals surface area (Å²) in [5.41, 5.74) is 1.34. The van der Waals surface area contributed by atoms with Gasteiger partial charge in [0.2, 0.25) is 0 Å². The van der Waals surface area contributed by atoms with Gasteiger partial charge in [0, 0.05) is 45.0 Å². The lowest BCUT2D eigenvalue weighted by Crippen LogP contribution is -2.48. The summed E-state index contributed by atoms with van der Waals surface area (Å²) in [6.45, 7) is 4.23. The van der Waals surface area contributed by atoms with Gasteiger partial charge in [-0.25, -0.2) is 9.78 Å². The predicted molar refractivity (Wildman–Crippen MR) is 104 cm³/mol. The molecular formula is C20H27N5O. The maximum Gasteiger partial charge on any atom is 0.315 e. The Morgan fingerprint density at radius 2 is 1.81 bits per heavy atom. The lowest BCUT2D eigenvalue weighted by molar-refractivity contribution is 0.187. The van der Waals surface area contributed by atoms with E-state index in [0.29, 0.717) is 13.1 Å². The molecule has 0 bridgehead atoms. The molecule has 1 aliphatic rings. The van der Waals surface area contributed by atoms with E-state index in [0.717, 1.165) is 38.3 Å². The molecule has 138 valence electrons. The molecule has 1 aromatic heterocycles. The zero-order valence-corrected chi connectivity index (χ0v) is 15.0. The molecule has 6 nitrogen and oxygen atoms in total. The first-order valence-corrected chi connectivity index (χ1v) is 9.25. The van der Waals surface area contributed by atoms with Crippen molar-refractivity contribution in [3.63, 3.8) is 0 Å². The molecule has 0 radical (unpaired) electrons. The molecule has 1 saturated heterocycles. The third kappa shape index (κ3) is 6.04. The van der Waals surface area contributed by atoms with E-state index in [-0.39, 0.29) is 12.1 Å². The highest BCUT2D eigenvalue weighted by Crippen LogP contribution is 2.13. The molecule has 0 saturated carbocycles. The molecule has 2 heterocycles. The van der Waals surface area contributed by atoms with Gasteiger partial charge in [0.1, 0.15) is 5.82 Å². The first kappa shape index (κ1) is 18.2. The maximum absolute atomic E-state index is 12.0. The van der Waals surface area contributed by atoms with Crippen molar-refractivity contribution in [2.75, 3.05) is 31.5 Å². The number of carbonyl (C=O) groups excluding carboxylic acids is 1. The van der Waals surface area contributed by atoms with Crippen molar-refractivity contribution in [1.29, 1.82) is 0 Å². The van der Waals surface area contributed by atoms with E-state index in [1.54, 1.807) is 6.20 Å². The van der Waals surface area contributed by atoms with Gasteiger partial charge in [-0.1, -0.05) is 36.4 Å². The van der Waals surface area contributed by atoms with Crippen LogP contribution >= 0.6 is 0 Å². The van der Waals surface area contributed by atoms with E-state index in [4.69, 9.17) is 0 Å². The summed E-state index contributed by atoms with van der Waals surface area (Å²) in [6.07, 6.45) is 3.73. The lowest BCUT2D eigenvalue weighted by Gasteiger charge is -2.32. The Morgan fingerprint density at radius 1 is 1.04 bits per heavy atom. The lowest BCUT2D eigenvalue weighted by atomic mass is 10.0. The highest BCUT2D eigenvalue weighted by Gasteiger charge is 2.20. The number of hydrogen-bond acceptors (Lipinski definition) is 4. The Labute approximate surface area is 155 Å². The highest BCUT2D eigenvalue weighted by molar-refractivity contribution is 5.74. The fourth-order valence-electron chi connectivity index (χ4n) is 3.15. The summed E-state index contributed by atoms with van der Waals surface area (Å²) in [6, 6.07) is 16.4. The summed E-state index contributed by atoms with van der Waals surface area (Å²) in [5.74, 6) is 0.820. The van der Waals surface area contributed by atoms with Crippen molar-refractivity contribution < 1.29 is 4.79 Å². The second kappa shape index (κ2) is 9.77. The van der Waals surface area contributed by atoms with Gasteiger partial charge in [0.25, 0.3) is 0 Å². The number of benzene rings is 1. The number of urea groups is 1. The molecule has 6 heteroatoms. The third-order valence-corrected chi connectivity index (χ3v) is 4.55. The second-order valence-electron chi connectivity index (χ2n) is 6.58. The van der Waals surface area contributed by atoms with Crippen LogP contribution in [0.3, 0.4) is 0 Å². The van der Waals surface area contributed by atoms with Gasteiger partial charge in [0.15, 0.2) is 0 Å². The van der Waals surface area contributed by atoms with Crippen LogP contribution in [0, 0.1) is 0 Å². The Morgan fingerprint density at radius 3 is 2.54 bits per heavy atom. The van der Waals surface area contributed by atoms with Crippen molar-refractivity contribution in [1.82, 2.24) is 20.5 Å². The van der Waals surface area contributed by atoms with E-state index in [9.17, 15) is 4.79 Å². The molecule has 3 N–H and O–H groups in total. The third-order valence-electron chi connectivity index (χ3n) is 4.55. The Kier molecular flexibility index (Phi) is 6.84. The average molecular weight is 353 g/mol. The number of rotatable bonds is 7. The topological polar surface area (TPSA) is 69.3 Å². The number of piperidine rings is 1. The minimum Gasteiger partial charge on any atom is -0.368 e. The van der Waals surface area contributed by atoms with Crippen LogP contribution in [0.2, 0.25) is 0 Å². The van der Waals surface area contributed by atoms with E-state index < -0.39 is 0 Å². The first-order valence-electron chi connectivity index (χ1n) is 9.25. The fraction of sp³-hybridized carbons (Fsp3) is 0.400. The Balaban J connectivity index is 1.28. The molecule has 2 amide bonds. The number of pyridine rings is 1. The minimum absolute atomic E-state index is 0.0886. The predicted octanol–water partition coefficient (Wildman–Crippen LogP) is 2.46. The van der Waals surface area contributed by atoms with Crippen LogP contribution in [0.25, 0.3) is 0 Å². The number of nitrogens with one attached hydrogen (secondary N) is 3. The van der Waals surface area contributed by atoms with Gasteiger partial charge in [-0.2, -0.15) is 0 Å². The SMILES string of the molecule is O=C(NCCNc1ccccn1)NC1CCN(Cc2ccccc2)CC1. The van der Waals surface area contributed by atoms with Crippen LogP contribution in [0.15, 0.2) is 54.7 Å². The number of likely N-dealkylation sites (tertiary alicyclic amines) is 1. The van der Waals surface area contributed by atoms with Crippen LogP contribution in [-0.2, 0) is 6.54 Å². The quantitative estimate of drug-likeness (QED) is 0.669. The summed E-state index contributed by atoms with van der Waals surface area (Å²) in [7, 11) is 0. The Hall–Kier alpha value is -2.60. The van der Waals surface area contributed by atoms with Gasteiger partial charge >= 0.3 is 6.03 Å². The average Bonchev–Trinajstić information content (AvgIpc) is 2.68. The van der Waals surface area contributed by atoms with Gasteiger partial charge < -0.3 is 16.0 Å². The van der Waals surface area contributed by atoms with Crippen LogP contribution in [0.5, 0.6) is 0 Å². The van der Waals surface area contributed by atoms with Crippen LogP contribution in [0.4, 0.5) is 10.6 Å². The molecule has 0 aliphatic carbocycles. The molecule has 0 unspecified atom stereocenters. The molecule has 0 atom stereocenters. The van der Waals surface area contributed by atoms with E-state index in [2.05, 4.69) is 50.1 Å². The number of anilines is 1. The Bertz CT molecular complexity index is 656. The number of aromatic nitrogens is 1. The largest absolute Gasteiger partial charge is 0.368 e. The zero-order chi connectivity index (χ0) is 18.0. The molecule has 26 heavy (non-hydrogen) atoms. The standard InChI is InChI=1S/C20H27N5O/c26-20(23-13-12-22-19-8-4-5-11-21-19)24-18-9-14-25(15-10-18)16-17-6-2-1-3-7-17/h1-8,11,18H,9-10,12-16H2,(H,21,22)(H2,23,24,26). The van der Waals surface area contributed by atoms with Crippen molar-refractivity contribution in [3.8, 4) is 0 Å². The summed E-state index contributed by atoms with van der Waals surface area (Å²) in [4.78, 5) is 18.6. The van der Waals surface area contributed by atoms with Crippen molar-refractivity contribution >= 4 is 11.8 Å². The van der Waals surface area contributed by atoms with Gasteiger partial charge in [0.05, 0.1) is 0 Å². The van der Waals surface area contributed by atoms with E-state index in [1.807, 2.05) is 24.3 Å². The summed E-state index contributed by atoms with van der Waals surface area (Å²) < 4.78 is 0.